The monoisotopic (exact) mass is 327 g/mol. The summed E-state index contributed by atoms with van der Waals surface area (Å²) < 4.78 is 15.7. The van der Waals surface area contributed by atoms with Crippen molar-refractivity contribution >= 4 is 34.4 Å². The van der Waals surface area contributed by atoms with Gasteiger partial charge in [0.25, 0.3) is 0 Å². The van der Waals surface area contributed by atoms with Gasteiger partial charge in [0.1, 0.15) is 11.6 Å². The van der Waals surface area contributed by atoms with Crippen LogP contribution in [0.25, 0.3) is 11.0 Å². The molecule has 0 N–H and O–H groups in total. The number of halogens is 2. The summed E-state index contributed by atoms with van der Waals surface area (Å²) in [5, 5.41) is 0. The first-order chi connectivity index (χ1) is 10.3. The van der Waals surface area contributed by atoms with E-state index in [0.717, 1.165) is 43.0 Å². The molecule has 114 valence electrons. The SMILES string of the molecule is Fc1ccc2nc(CCCl)n(CCN3CCSCC3)c2c1. The summed E-state index contributed by atoms with van der Waals surface area (Å²) in [6, 6.07) is 4.79. The van der Waals surface area contributed by atoms with Gasteiger partial charge in [-0.2, -0.15) is 11.8 Å². The number of alkyl halides is 1. The molecular weight excluding hydrogens is 309 g/mol. The Morgan fingerprint density at radius 1 is 1.24 bits per heavy atom. The maximum absolute atomic E-state index is 13.5. The van der Waals surface area contributed by atoms with Crippen LogP contribution in [0, 0.1) is 5.82 Å². The van der Waals surface area contributed by atoms with Gasteiger partial charge in [-0.05, 0) is 18.2 Å². The van der Waals surface area contributed by atoms with Gasteiger partial charge in [-0.25, -0.2) is 9.37 Å². The Morgan fingerprint density at radius 2 is 2.05 bits per heavy atom. The van der Waals surface area contributed by atoms with Gasteiger partial charge in [0.05, 0.1) is 11.0 Å². The second-order valence-electron chi connectivity index (χ2n) is 5.21. The first-order valence-electron chi connectivity index (χ1n) is 7.28. The normalized spacial score (nSPS) is 16.7. The molecule has 1 aliphatic heterocycles. The van der Waals surface area contributed by atoms with Crippen LogP contribution >= 0.6 is 23.4 Å². The van der Waals surface area contributed by atoms with Crippen LogP contribution in [0.1, 0.15) is 5.82 Å². The number of benzene rings is 1. The van der Waals surface area contributed by atoms with Crippen LogP contribution in [0.3, 0.4) is 0 Å². The van der Waals surface area contributed by atoms with Crippen LogP contribution in [-0.2, 0) is 13.0 Å². The van der Waals surface area contributed by atoms with E-state index in [4.69, 9.17) is 11.6 Å². The minimum absolute atomic E-state index is 0.213. The Bertz CT molecular complexity index is 610. The third-order valence-corrected chi connectivity index (χ3v) is 4.98. The molecule has 0 atom stereocenters. The molecule has 3 nitrogen and oxygen atoms in total. The summed E-state index contributed by atoms with van der Waals surface area (Å²) in [5.41, 5.74) is 1.73. The number of thioether (sulfide) groups is 1. The molecule has 1 aromatic carbocycles. The van der Waals surface area contributed by atoms with Crippen molar-refractivity contribution in [2.45, 2.75) is 13.0 Å². The van der Waals surface area contributed by atoms with Crippen LogP contribution in [0.4, 0.5) is 4.39 Å². The highest BCUT2D eigenvalue weighted by atomic mass is 35.5. The first-order valence-corrected chi connectivity index (χ1v) is 8.97. The molecule has 1 aromatic heterocycles. The lowest BCUT2D eigenvalue weighted by Crippen LogP contribution is -2.35. The first kappa shape index (κ1) is 15.1. The van der Waals surface area contributed by atoms with Crippen molar-refractivity contribution in [1.82, 2.24) is 14.5 Å². The van der Waals surface area contributed by atoms with Gasteiger partial charge < -0.3 is 4.57 Å². The molecule has 1 saturated heterocycles. The average molecular weight is 328 g/mol. The Kier molecular flexibility index (Phi) is 5.03. The third kappa shape index (κ3) is 3.52. The maximum atomic E-state index is 13.5. The third-order valence-electron chi connectivity index (χ3n) is 3.85. The number of aromatic nitrogens is 2. The van der Waals surface area contributed by atoms with Crippen LogP contribution < -0.4 is 0 Å². The lowest BCUT2D eigenvalue weighted by Gasteiger charge is -2.26. The maximum Gasteiger partial charge on any atom is 0.125 e. The standard InChI is InChI=1S/C15H19ClFN3S/c16-4-3-15-18-13-2-1-12(17)11-14(13)20(15)6-5-19-7-9-21-10-8-19/h1-2,11H,3-10H2. The second kappa shape index (κ2) is 6.99. The smallest absolute Gasteiger partial charge is 0.125 e. The van der Waals surface area contributed by atoms with Gasteiger partial charge in [-0.3, -0.25) is 4.90 Å². The Morgan fingerprint density at radius 3 is 2.81 bits per heavy atom. The quantitative estimate of drug-likeness (QED) is 0.788. The summed E-state index contributed by atoms with van der Waals surface area (Å²) >= 11 is 7.89. The number of imidazole rings is 1. The number of hydrogen-bond donors (Lipinski definition) is 0. The zero-order chi connectivity index (χ0) is 14.7. The van der Waals surface area contributed by atoms with Gasteiger partial charge in [-0.1, -0.05) is 0 Å². The highest BCUT2D eigenvalue weighted by Gasteiger charge is 2.14. The molecular formula is C15H19ClFN3S. The van der Waals surface area contributed by atoms with E-state index >= 15 is 0 Å². The fraction of sp³-hybridized carbons (Fsp3) is 0.533. The minimum Gasteiger partial charge on any atom is -0.327 e. The molecule has 0 amide bonds. The van der Waals surface area contributed by atoms with Crippen LogP contribution in [-0.4, -0.2) is 51.5 Å². The average Bonchev–Trinajstić information content (AvgIpc) is 2.83. The summed E-state index contributed by atoms with van der Waals surface area (Å²) in [5.74, 6) is 3.68. The Hall–Kier alpha value is -0.780. The lowest BCUT2D eigenvalue weighted by atomic mass is 10.3. The molecule has 0 radical (unpaired) electrons. The lowest BCUT2D eigenvalue weighted by molar-refractivity contribution is 0.289. The molecule has 0 bridgehead atoms. The summed E-state index contributed by atoms with van der Waals surface area (Å²) in [6.45, 7) is 4.10. The van der Waals surface area contributed by atoms with Crippen LogP contribution in [0.5, 0.6) is 0 Å². The van der Waals surface area contributed by atoms with Crippen molar-refractivity contribution < 1.29 is 4.39 Å². The van der Waals surface area contributed by atoms with Gasteiger partial charge in [-0.15, -0.1) is 11.6 Å². The van der Waals surface area contributed by atoms with Gasteiger partial charge in [0, 0.05) is 50.0 Å². The molecule has 2 aromatic rings. The van der Waals surface area contributed by atoms with Crippen molar-refractivity contribution in [3.05, 3.63) is 29.8 Å². The number of rotatable bonds is 5. The number of hydrogen-bond acceptors (Lipinski definition) is 3. The van der Waals surface area contributed by atoms with E-state index in [0.29, 0.717) is 12.3 Å². The van der Waals surface area contributed by atoms with E-state index < -0.39 is 0 Å². The van der Waals surface area contributed by atoms with E-state index in [1.54, 1.807) is 12.1 Å². The van der Waals surface area contributed by atoms with E-state index in [-0.39, 0.29) is 5.82 Å². The topological polar surface area (TPSA) is 21.1 Å². The minimum atomic E-state index is -0.213. The zero-order valence-electron chi connectivity index (χ0n) is 11.9. The number of nitrogens with zero attached hydrogens (tertiary/aromatic N) is 3. The fourth-order valence-electron chi connectivity index (χ4n) is 2.74. The van der Waals surface area contributed by atoms with Crippen LogP contribution in [0.2, 0.25) is 0 Å². The van der Waals surface area contributed by atoms with Crippen molar-refractivity contribution in [2.24, 2.45) is 0 Å². The van der Waals surface area contributed by atoms with Gasteiger partial charge in [0.15, 0.2) is 0 Å². The zero-order valence-corrected chi connectivity index (χ0v) is 13.5. The van der Waals surface area contributed by atoms with Crippen molar-refractivity contribution in [3.63, 3.8) is 0 Å². The van der Waals surface area contributed by atoms with Crippen molar-refractivity contribution in [2.75, 3.05) is 37.0 Å². The largest absolute Gasteiger partial charge is 0.327 e. The van der Waals surface area contributed by atoms with E-state index in [2.05, 4.69) is 14.5 Å². The molecule has 21 heavy (non-hydrogen) atoms. The molecule has 6 heteroatoms. The van der Waals surface area contributed by atoms with E-state index in [1.807, 2.05) is 11.8 Å². The number of aryl methyl sites for hydroxylation is 1. The Labute approximate surface area is 133 Å². The van der Waals surface area contributed by atoms with E-state index in [1.165, 1.54) is 17.6 Å². The highest BCUT2D eigenvalue weighted by Crippen LogP contribution is 2.19. The summed E-state index contributed by atoms with van der Waals surface area (Å²) in [6.07, 6.45) is 0.716. The van der Waals surface area contributed by atoms with Crippen molar-refractivity contribution in [3.8, 4) is 0 Å². The predicted octanol–water partition coefficient (Wildman–Crippen LogP) is 3.01. The summed E-state index contributed by atoms with van der Waals surface area (Å²) in [7, 11) is 0. The van der Waals surface area contributed by atoms with Gasteiger partial charge >= 0.3 is 0 Å². The highest BCUT2D eigenvalue weighted by molar-refractivity contribution is 7.99. The molecule has 0 spiro atoms. The molecule has 2 heterocycles. The number of fused-ring (bicyclic) bond motifs is 1. The molecule has 1 aliphatic rings. The predicted molar refractivity (Wildman–Crippen MR) is 87.9 cm³/mol. The Balaban J connectivity index is 1.83. The van der Waals surface area contributed by atoms with E-state index in [9.17, 15) is 4.39 Å². The summed E-state index contributed by atoms with van der Waals surface area (Å²) in [4.78, 5) is 7.06. The van der Waals surface area contributed by atoms with Crippen LogP contribution in [0.15, 0.2) is 18.2 Å². The van der Waals surface area contributed by atoms with Gasteiger partial charge in [0.2, 0.25) is 0 Å². The molecule has 0 saturated carbocycles. The molecule has 1 fully saturated rings. The second-order valence-corrected chi connectivity index (χ2v) is 6.81. The fourth-order valence-corrected chi connectivity index (χ4v) is 3.88. The molecule has 0 unspecified atom stereocenters. The van der Waals surface area contributed by atoms with Crippen molar-refractivity contribution in [1.29, 1.82) is 0 Å². The molecule has 0 aliphatic carbocycles. The molecule has 3 rings (SSSR count).